The Morgan fingerprint density at radius 2 is 1.74 bits per heavy atom. The molecule has 0 spiro atoms. The number of benzene rings is 2. The minimum Gasteiger partial charge on any atom is -0.399 e. The summed E-state index contributed by atoms with van der Waals surface area (Å²) >= 11 is 1.36. The molecule has 2 aromatic carbocycles. The third-order valence-corrected chi connectivity index (χ3v) is 4.13. The van der Waals surface area contributed by atoms with Gasteiger partial charge in [-0.1, -0.05) is 42.1 Å². The molecule has 0 saturated carbocycles. The van der Waals surface area contributed by atoms with Crippen molar-refractivity contribution in [3.63, 3.8) is 0 Å². The SMILES string of the molecule is Br.N=C(N)SC1c2ccccc2-c2ccc(N)cc21. The van der Waals surface area contributed by atoms with Crippen molar-refractivity contribution in [3.05, 3.63) is 53.6 Å². The van der Waals surface area contributed by atoms with Gasteiger partial charge in [0.05, 0.1) is 5.25 Å². The van der Waals surface area contributed by atoms with Crippen molar-refractivity contribution in [2.75, 3.05) is 5.73 Å². The average Bonchev–Trinajstić information content (AvgIpc) is 2.63. The van der Waals surface area contributed by atoms with Gasteiger partial charge in [0.2, 0.25) is 0 Å². The number of anilines is 1. The van der Waals surface area contributed by atoms with Crippen molar-refractivity contribution in [1.29, 1.82) is 5.41 Å². The highest BCUT2D eigenvalue weighted by atomic mass is 79.9. The van der Waals surface area contributed by atoms with Gasteiger partial charge >= 0.3 is 0 Å². The number of fused-ring (bicyclic) bond motifs is 3. The van der Waals surface area contributed by atoms with Crippen LogP contribution in [0.3, 0.4) is 0 Å². The maximum absolute atomic E-state index is 7.51. The maximum atomic E-state index is 7.51. The van der Waals surface area contributed by atoms with Crippen LogP contribution in [0.1, 0.15) is 16.4 Å². The van der Waals surface area contributed by atoms with Gasteiger partial charge in [-0.15, -0.1) is 17.0 Å². The Morgan fingerprint density at radius 3 is 2.47 bits per heavy atom. The van der Waals surface area contributed by atoms with Crippen molar-refractivity contribution >= 4 is 39.6 Å². The van der Waals surface area contributed by atoms with E-state index in [9.17, 15) is 0 Å². The topological polar surface area (TPSA) is 75.9 Å². The summed E-state index contributed by atoms with van der Waals surface area (Å²) in [6, 6.07) is 14.2. The Bertz CT molecular complexity index is 642. The van der Waals surface area contributed by atoms with Crippen LogP contribution >= 0.6 is 28.7 Å². The fraction of sp³-hybridized carbons (Fsp3) is 0.0714. The van der Waals surface area contributed by atoms with Crippen LogP contribution in [0.25, 0.3) is 11.1 Å². The Hall–Kier alpha value is -1.46. The molecule has 0 radical (unpaired) electrons. The number of nitrogens with two attached hydrogens (primary N) is 2. The van der Waals surface area contributed by atoms with Crippen LogP contribution in [-0.2, 0) is 0 Å². The van der Waals surface area contributed by atoms with Crippen molar-refractivity contribution in [1.82, 2.24) is 0 Å². The number of halogens is 1. The van der Waals surface area contributed by atoms with Gasteiger partial charge in [-0.05, 0) is 34.4 Å². The molecule has 19 heavy (non-hydrogen) atoms. The Morgan fingerprint density at radius 1 is 1.05 bits per heavy atom. The van der Waals surface area contributed by atoms with E-state index in [1.54, 1.807) is 0 Å². The third-order valence-electron chi connectivity index (χ3n) is 3.14. The molecule has 3 nitrogen and oxygen atoms in total. The predicted octanol–water partition coefficient (Wildman–Crippen LogP) is 3.54. The molecule has 1 unspecified atom stereocenters. The second kappa shape index (κ2) is 5.27. The third kappa shape index (κ3) is 2.35. The standard InChI is InChI=1S/C14H13N3S.BrH/c15-8-5-6-10-9-3-1-2-4-11(9)13(12(10)7-8)18-14(16)17;/h1-7,13H,15H2,(H3,16,17);1H. The van der Waals surface area contributed by atoms with Crippen LogP contribution in [0, 0.1) is 5.41 Å². The van der Waals surface area contributed by atoms with E-state index < -0.39 is 0 Å². The van der Waals surface area contributed by atoms with E-state index in [0.717, 1.165) is 11.3 Å². The smallest absolute Gasteiger partial charge is 0.151 e. The largest absolute Gasteiger partial charge is 0.399 e. The lowest BCUT2D eigenvalue weighted by Crippen LogP contribution is -2.07. The van der Waals surface area contributed by atoms with Gasteiger partial charge in [0.25, 0.3) is 0 Å². The zero-order valence-corrected chi connectivity index (χ0v) is 12.6. The lowest BCUT2D eigenvalue weighted by molar-refractivity contribution is 1.23. The highest BCUT2D eigenvalue weighted by molar-refractivity contribution is 8.93. The van der Waals surface area contributed by atoms with E-state index in [2.05, 4.69) is 12.1 Å². The number of nitrogens with one attached hydrogen (secondary N) is 1. The first-order valence-corrected chi connectivity index (χ1v) is 6.54. The Kier molecular flexibility index (Phi) is 3.87. The summed E-state index contributed by atoms with van der Waals surface area (Å²) in [6.07, 6.45) is 0. The molecule has 5 N–H and O–H groups in total. The summed E-state index contributed by atoms with van der Waals surface area (Å²) in [6.45, 7) is 0. The van der Waals surface area contributed by atoms with E-state index in [1.165, 1.54) is 28.5 Å². The van der Waals surface area contributed by atoms with Gasteiger partial charge in [-0.25, -0.2) is 0 Å². The summed E-state index contributed by atoms with van der Waals surface area (Å²) in [5.74, 6) is 0. The Labute approximate surface area is 126 Å². The highest BCUT2D eigenvalue weighted by Crippen LogP contribution is 2.50. The van der Waals surface area contributed by atoms with E-state index >= 15 is 0 Å². The molecule has 0 amide bonds. The summed E-state index contributed by atoms with van der Waals surface area (Å²) < 4.78 is 0. The summed E-state index contributed by atoms with van der Waals surface area (Å²) in [5.41, 5.74) is 16.9. The van der Waals surface area contributed by atoms with E-state index in [-0.39, 0.29) is 27.4 Å². The zero-order valence-electron chi connectivity index (χ0n) is 10.1. The minimum absolute atomic E-state index is 0. The number of thioether (sulfide) groups is 1. The van der Waals surface area contributed by atoms with E-state index in [4.69, 9.17) is 16.9 Å². The maximum Gasteiger partial charge on any atom is 0.151 e. The second-order valence-corrected chi connectivity index (χ2v) is 5.44. The molecule has 3 rings (SSSR count). The lowest BCUT2D eigenvalue weighted by Gasteiger charge is -2.12. The molecule has 5 heteroatoms. The molecule has 2 aromatic rings. The summed E-state index contributed by atoms with van der Waals surface area (Å²) in [7, 11) is 0. The minimum atomic E-state index is 0. The molecule has 0 bridgehead atoms. The number of rotatable bonds is 1. The first-order valence-electron chi connectivity index (χ1n) is 5.66. The van der Waals surface area contributed by atoms with Gasteiger partial charge < -0.3 is 11.5 Å². The quantitative estimate of drug-likeness (QED) is 0.423. The average molecular weight is 336 g/mol. The number of hydrogen-bond donors (Lipinski definition) is 3. The molecule has 1 aliphatic rings. The van der Waals surface area contributed by atoms with Gasteiger partial charge in [-0.2, -0.15) is 0 Å². The molecule has 1 atom stereocenters. The summed E-state index contributed by atoms with van der Waals surface area (Å²) in [5, 5.41) is 7.72. The molecule has 0 heterocycles. The van der Waals surface area contributed by atoms with Crippen molar-refractivity contribution in [2.45, 2.75) is 5.25 Å². The van der Waals surface area contributed by atoms with Crippen LogP contribution in [0.2, 0.25) is 0 Å². The second-order valence-electron chi connectivity index (χ2n) is 4.30. The van der Waals surface area contributed by atoms with Gasteiger partial charge in [0.15, 0.2) is 5.17 Å². The van der Waals surface area contributed by atoms with Gasteiger partial charge in [0.1, 0.15) is 0 Å². The van der Waals surface area contributed by atoms with Crippen LogP contribution < -0.4 is 11.5 Å². The first kappa shape index (κ1) is 14.0. The van der Waals surface area contributed by atoms with Crippen molar-refractivity contribution in [3.8, 4) is 11.1 Å². The molecule has 0 saturated heterocycles. The number of amidine groups is 1. The van der Waals surface area contributed by atoms with Crippen LogP contribution in [-0.4, -0.2) is 5.17 Å². The highest BCUT2D eigenvalue weighted by Gasteiger charge is 2.29. The summed E-state index contributed by atoms with van der Waals surface area (Å²) in [4.78, 5) is 0. The van der Waals surface area contributed by atoms with Gasteiger partial charge in [-0.3, -0.25) is 5.41 Å². The molecule has 0 fully saturated rings. The molecule has 0 aromatic heterocycles. The molecular formula is C14H14BrN3S. The fourth-order valence-corrected chi connectivity index (χ4v) is 3.34. The van der Waals surface area contributed by atoms with E-state index in [1.807, 2.05) is 30.3 Å². The monoisotopic (exact) mass is 335 g/mol. The van der Waals surface area contributed by atoms with Crippen LogP contribution in [0.15, 0.2) is 42.5 Å². The van der Waals surface area contributed by atoms with Crippen molar-refractivity contribution < 1.29 is 0 Å². The first-order chi connectivity index (χ1) is 8.66. The Balaban J connectivity index is 0.00000133. The molecule has 1 aliphatic carbocycles. The molecule has 98 valence electrons. The van der Waals surface area contributed by atoms with Crippen LogP contribution in [0.4, 0.5) is 5.69 Å². The number of hydrogen-bond acceptors (Lipinski definition) is 3. The lowest BCUT2D eigenvalue weighted by atomic mass is 10.1. The van der Waals surface area contributed by atoms with Crippen LogP contribution in [0.5, 0.6) is 0 Å². The normalized spacial score (nSPS) is 15.3. The fourth-order valence-electron chi connectivity index (χ4n) is 2.44. The van der Waals surface area contributed by atoms with E-state index in [0.29, 0.717) is 0 Å². The molecular weight excluding hydrogens is 322 g/mol. The zero-order chi connectivity index (χ0) is 12.7. The predicted molar refractivity (Wildman–Crippen MR) is 88.0 cm³/mol. The molecule has 0 aliphatic heterocycles. The van der Waals surface area contributed by atoms with Crippen molar-refractivity contribution in [2.24, 2.45) is 5.73 Å². The van der Waals surface area contributed by atoms with Gasteiger partial charge in [0, 0.05) is 5.69 Å². The number of nitrogen functional groups attached to an aromatic ring is 1.